The van der Waals surface area contributed by atoms with Gasteiger partial charge in [-0.05, 0) is 20.9 Å². The molecule has 0 atom stereocenters. The minimum Gasteiger partial charge on any atom is -0.327 e. The standard InChI is InChI=1S/C9H18N2O/c1-8(6-10)4-5-11(3)7-9(2)12/h4H,5-7,10H2,1-3H3. The van der Waals surface area contributed by atoms with Crippen molar-refractivity contribution in [2.24, 2.45) is 5.73 Å². The van der Waals surface area contributed by atoms with Crippen LogP contribution in [-0.2, 0) is 4.79 Å². The van der Waals surface area contributed by atoms with E-state index in [1.165, 1.54) is 0 Å². The second-order valence-corrected chi connectivity index (χ2v) is 3.15. The molecule has 0 aromatic rings. The van der Waals surface area contributed by atoms with Crippen molar-refractivity contribution in [3.8, 4) is 0 Å². The molecule has 0 radical (unpaired) electrons. The number of carbonyl (C=O) groups is 1. The first-order valence-corrected chi connectivity index (χ1v) is 4.10. The van der Waals surface area contributed by atoms with Gasteiger partial charge in [0.2, 0.25) is 0 Å². The van der Waals surface area contributed by atoms with Gasteiger partial charge >= 0.3 is 0 Å². The lowest BCUT2D eigenvalue weighted by Crippen LogP contribution is -2.24. The first-order valence-electron chi connectivity index (χ1n) is 4.10. The zero-order valence-electron chi connectivity index (χ0n) is 8.13. The molecule has 0 rings (SSSR count). The summed E-state index contributed by atoms with van der Waals surface area (Å²) in [4.78, 5) is 12.6. The first kappa shape index (κ1) is 11.3. The number of hydrogen-bond acceptors (Lipinski definition) is 3. The summed E-state index contributed by atoms with van der Waals surface area (Å²) >= 11 is 0. The number of nitrogens with two attached hydrogens (primary N) is 1. The van der Waals surface area contributed by atoms with Crippen molar-refractivity contribution in [1.29, 1.82) is 0 Å². The maximum Gasteiger partial charge on any atom is 0.143 e. The molecule has 0 heterocycles. The SMILES string of the molecule is CC(=O)CN(C)CC=C(C)CN. The number of carbonyl (C=O) groups excluding carboxylic acids is 1. The van der Waals surface area contributed by atoms with Gasteiger partial charge in [-0.1, -0.05) is 11.6 Å². The van der Waals surface area contributed by atoms with Gasteiger partial charge in [-0.25, -0.2) is 0 Å². The van der Waals surface area contributed by atoms with Gasteiger partial charge in [0.1, 0.15) is 5.78 Å². The molecule has 0 unspecified atom stereocenters. The molecule has 70 valence electrons. The van der Waals surface area contributed by atoms with E-state index in [0.29, 0.717) is 13.1 Å². The number of nitrogens with zero attached hydrogens (tertiary/aromatic N) is 1. The Morgan fingerprint density at radius 2 is 2.08 bits per heavy atom. The maximum absolute atomic E-state index is 10.7. The number of ketones is 1. The average molecular weight is 170 g/mol. The molecule has 0 aromatic heterocycles. The van der Waals surface area contributed by atoms with Crippen LogP contribution in [0.4, 0.5) is 0 Å². The molecule has 3 nitrogen and oxygen atoms in total. The summed E-state index contributed by atoms with van der Waals surface area (Å²) in [5.74, 6) is 0.191. The van der Waals surface area contributed by atoms with Crippen LogP contribution in [0.3, 0.4) is 0 Å². The summed E-state index contributed by atoms with van der Waals surface area (Å²) in [6.07, 6.45) is 2.04. The van der Waals surface area contributed by atoms with Gasteiger partial charge in [-0.15, -0.1) is 0 Å². The summed E-state index contributed by atoms with van der Waals surface area (Å²) in [5, 5.41) is 0. The molecule has 0 aliphatic heterocycles. The lowest BCUT2D eigenvalue weighted by Gasteiger charge is -2.11. The Morgan fingerprint density at radius 1 is 1.50 bits per heavy atom. The maximum atomic E-state index is 10.7. The molecule has 0 saturated heterocycles. The summed E-state index contributed by atoms with van der Waals surface area (Å²) in [6, 6.07) is 0. The van der Waals surface area contributed by atoms with Crippen LogP contribution < -0.4 is 5.73 Å². The van der Waals surface area contributed by atoms with Crippen LogP contribution in [0.2, 0.25) is 0 Å². The van der Waals surface area contributed by atoms with Crippen molar-refractivity contribution in [3.63, 3.8) is 0 Å². The van der Waals surface area contributed by atoms with Crippen molar-refractivity contribution in [2.75, 3.05) is 26.7 Å². The smallest absolute Gasteiger partial charge is 0.143 e. The highest BCUT2D eigenvalue weighted by atomic mass is 16.1. The molecule has 0 fully saturated rings. The third-order valence-corrected chi connectivity index (χ3v) is 1.57. The van der Waals surface area contributed by atoms with E-state index in [4.69, 9.17) is 5.73 Å². The summed E-state index contributed by atoms with van der Waals surface area (Å²) in [6.45, 7) is 5.47. The molecule has 0 aromatic carbocycles. The van der Waals surface area contributed by atoms with Crippen LogP contribution in [0.1, 0.15) is 13.8 Å². The van der Waals surface area contributed by atoms with Gasteiger partial charge < -0.3 is 5.73 Å². The fraction of sp³-hybridized carbons (Fsp3) is 0.667. The third kappa shape index (κ3) is 6.07. The van der Waals surface area contributed by atoms with E-state index >= 15 is 0 Å². The molecule has 0 saturated carbocycles. The van der Waals surface area contributed by atoms with Gasteiger partial charge in [0.15, 0.2) is 0 Å². The molecule has 3 heteroatoms. The van der Waals surface area contributed by atoms with E-state index in [1.807, 2.05) is 24.9 Å². The zero-order chi connectivity index (χ0) is 9.56. The zero-order valence-corrected chi connectivity index (χ0v) is 8.13. The van der Waals surface area contributed by atoms with Crippen molar-refractivity contribution in [3.05, 3.63) is 11.6 Å². The molecule has 0 aliphatic rings. The van der Waals surface area contributed by atoms with E-state index < -0.39 is 0 Å². The average Bonchev–Trinajstić information content (AvgIpc) is 1.99. The second kappa shape index (κ2) is 5.91. The fourth-order valence-corrected chi connectivity index (χ4v) is 0.840. The molecule has 0 spiro atoms. The Bertz CT molecular complexity index is 175. The van der Waals surface area contributed by atoms with E-state index in [2.05, 4.69) is 0 Å². The summed E-state index contributed by atoms with van der Waals surface area (Å²) in [7, 11) is 1.92. The molecule has 0 aliphatic carbocycles. The molecule has 12 heavy (non-hydrogen) atoms. The highest BCUT2D eigenvalue weighted by molar-refractivity contribution is 5.77. The number of hydrogen-bond donors (Lipinski definition) is 1. The Labute approximate surface area is 74.2 Å². The van der Waals surface area contributed by atoms with Gasteiger partial charge in [0.25, 0.3) is 0 Å². The highest BCUT2D eigenvalue weighted by Crippen LogP contribution is 1.90. The van der Waals surface area contributed by atoms with Gasteiger partial charge in [0.05, 0.1) is 6.54 Å². The lowest BCUT2D eigenvalue weighted by molar-refractivity contribution is -0.117. The fourth-order valence-electron chi connectivity index (χ4n) is 0.840. The predicted molar refractivity (Wildman–Crippen MR) is 51.0 cm³/mol. The monoisotopic (exact) mass is 170 g/mol. The first-order chi connectivity index (χ1) is 5.56. The van der Waals surface area contributed by atoms with Gasteiger partial charge in [-0.2, -0.15) is 0 Å². The van der Waals surface area contributed by atoms with Crippen molar-refractivity contribution >= 4 is 5.78 Å². The second-order valence-electron chi connectivity index (χ2n) is 3.15. The van der Waals surface area contributed by atoms with Crippen molar-refractivity contribution < 1.29 is 4.79 Å². The Balaban J connectivity index is 3.70. The number of rotatable bonds is 5. The Hall–Kier alpha value is -0.670. The van der Waals surface area contributed by atoms with E-state index in [-0.39, 0.29) is 5.78 Å². The quantitative estimate of drug-likeness (QED) is 0.608. The van der Waals surface area contributed by atoms with Crippen LogP contribution in [0, 0.1) is 0 Å². The Kier molecular flexibility index (Phi) is 5.58. The minimum atomic E-state index is 0.191. The molecule has 0 amide bonds. The van der Waals surface area contributed by atoms with E-state index in [9.17, 15) is 4.79 Å². The van der Waals surface area contributed by atoms with E-state index in [0.717, 1.165) is 12.1 Å². The topological polar surface area (TPSA) is 46.3 Å². The lowest BCUT2D eigenvalue weighted by atomic mass is 10.3. The number of likely N-dealkylation sites (N-methyl/N-ethyl adjacent to an activating group) is 1. The van der Waals surface area contributed by atoms with Gasteiger partial charge in [-0.3, -0.25) is 9.69 Å². The predicted octanol–water partition coefficient (Wildman–Crippen LogP) is 0.412. The summed E-state index contributed by atoms with van der Waals surface area (Å²) < 4.78 is 0. The van der Waals surface area contributed by atoms with Gasteiger partial charge in [0, 0.05) is 13.1 Å². The minimum absolute atomic E-state index is 0.191. The van der Waals surface area contributed by atoms with Crippen molar-refractivity contribution in [2.45, 2.75) is 13.8 Å². The van der Waals surface area contributed by atoms with Crippen LogP contribution >= 0.6 is 0 Å². The van der Waals surface area contributed by atoms with Crippen LogP contribution in [0.25, 0.3) is 0 Å². The summed E-state index contributed by atoms with van der Waals surface area (Å²) in [5.41, 5.74) is 6.56. The Morgan fingerprint density at radius 3 is 2.50 bits per heavy atom. The largest absolute Gasteiger partial charge is 0.327 e. The third-order valence-electron chi connectivity index (χ3n) is 1.57. The highest BCUT2D eigenvalue weighted by Gasteiger charge is 1.98. The van der Waals surface area contributed by atoms with Crippen LogP contribution in [0.5, 0.6) is 0 Å². The molecular weight excluding hydrogens is 152 g/mol. The molecular formula is C9H18N2O. The normalized spacial score (nSPS) is 12.2. The number of Topliss-reactive ketones (excluding diaryl/α,β-unsaturated/α-hetero) is 1. The van der Waals surface area contributed by atoms with E-state index in [1.54, 1.807) is 6.92 Å². The molecule has 0 bridgehead atoms. The van der Waals surface area contributed by atoms with Crippen LogP contribution in [0.15, 0.2) is 11.6 Å². The molecule has 2 N–H and O–H groups in total. The van der Waals surface area contributed by atoms with Crippen LogP contribution in [-0.4, -0.2) is 37.4 Å². The van der Waals surface area contributed by atoms with Crippen molar-refractivity contribution in [1.82, 2.24) is 4.90 Å².